The van der Waals surface area contributed by atoms with E-state index in [9.17, 15) is 9.59 Å². The summed E-state index contributed by atoms with van der Waals surface area (Å²) in [6, 6.07) is 14.8. The minimum Gasteiger partial charge on any atom is -0.405 e. The van der Waals surface area contributed by atoms with Crippen LogP contribution in [0.5, 0.6) is 0 Å². The van der Waals surface area contributed by atoms with Crippen molar-refractivity contribution in [1.29, 1.82) is 0 Å². The van der Waals surface area contributed by atoms with Crippen molar-refractivity contribution in [2.24, 2.45) is 0 Å². The number of halogens is 1. The molecule has 1 aromatic heterocycles. The Kier molecular flexibility index (Phi) is 4.91. The lowest BCUT2D eigenvalue weighted by Crippen LogP contribution is -2.16. The maximum absolute atomic E-state index is 12.4. The van der Waals surface area contributed by atoms with Crippen LogP contribution in [0, 0.1) is 0 Å². The Balaban J connectivity index is 2.17. The number of carbonyl (C=O) groups excluding carboxylic acids is 1. The highest BCUT2D eigenvalue weighted by Gasteiger charge is 2.21. The largest absolute Gasteiger partial charge is 0.405 e. The number of anilines is 1. The van der Waals surface area contributed by atoms with E-state index >= 15 is 0 Å². The fourth-order valence-corrected chi connectivity index (χ4v) is 3.22. The zero-order chi connectivity index (χ0) is 18.0. The first kappa shape index (κ1) is 17.2. The third-order valence-corrected chi connectivity index (χ3v) is 4.49. The highest BCUT2D eigenvalue weighted by molar-refractivity contribution is 6.36. The van der Waals surface area contributed by atoms with Crippen molar-refractivity contribution in [2.45, 2.75) is 26.3 Å². The molecule has 0 spiro atoms. The maximum Gasteiger partial charge on any atom is 0.346 e. The van der Waals surface area contributed by atoms with E-state index in [2.05, 4.69) is 5.32 Å². The zero-order valence-corrected chi connectivity index (χ0v) is 14.8. The quantitative estimate of drug-likeness (QED) is 0.638. The molecule has 4 nitrogen and oxygen atoms in total. The zero-order valence-electron chi connectivity index (χ0n) is 14.0. The molecular weight excluding hydrogens is 338 g/mol. The van der Waals surface area contributed by atoms with Crippen LogP contribution in [0.1, 0.15) is 42.2 Å². The Morgan fingerprint density at radius 3 is 2.52 bits per heavy atom. The molecule has 1 atom stereocenters. The predicted molar refractivity (Wildman–Crippen MR) is 101 cm³/mol. The van der Waals surface area contributed by atoms with E-state index in [-0.39, 0.29) is 28.1 Å². The first-order valence-electron chi connectivity index (χ1n) is 8.10. The van der Waals surface area contributed by atoms with Gasteiger partial charge in [-0.2, -0.15) is 0 Å². The summed E-state index contributed by atoms with van der Waals surface area (Å²) in [5.41, 5.74) is 0.829. The number of carbonyl (C=O) groups is 1. The monoisotopic (exact) mass is 355 g/mol. The molecule has 0 saturated heterocycles. The SMILES string of the molecule is CC[C@H](Nc1oc(=O)c2c(Cl)cccc2c1C(C)=O)c1ccccc1. The van der Waals surface area contributed by atoms with Crippen LogP contribution in [0.2, 0.25) is 5.02 Å². The number of hydrogen-bond donors (Lipinski definition) is 1. The summed E-state index contributed by atoms with van der Waals surface area (Å²) in [5.74, 6) is -0.00981. The van der Waals surface area contributed by atoms with Gasteiger partial charge in [0.2, 0.25) is 5.88 Å². The molecule has 0 aliphatic rings. The molecule has 0 fully saturated rings. The molecule has 0 unspecified atom stereocenters. The van der Waals surface area contributed by atoms with Gasteiger partial charge in [-0.1, -0.05) is 61.0 Å². The standard InChI is InChI=1S/C20H18ClNO3/c1-3-16(13-8-5-4-6-9-13)22-19-17(12(2)23)14-10-7-11-15(21)18(14)20(24)25-19/h4-11,16,22H,3H2,1-2H3/t16-/m0/s1. The van der Waals surface area contributed by atoms with Crippen molar-refractivity contribution in [2.75, 3.05) is 5.32 Å². The molecule has 0 amide bonds. The van der Waals surface area contributed by atoms with Gasteiger partial charge < -0.3 is 9.73 Å². The van der Waals surface area contributed by atoms with Crippen LogP contribution >= 0.6 is 11.6 Å². The summed E-state index contributed by atoms with van der Waals surface area (Å²) in [5, 5.41) is 4.22. The van der Waals surface area contributed by atoms with Gasteiger partial charge in [0.05, 0.1) is 22.0 Å². The Morgan fingerprint density at radius 2 is 1.88 bits per heavy atom. The summed E-state index contributed by atoms with van der Waals surface area (Å²) in [6.45, 7) is 3.47. The molecule has 0 bridgehead atoms. The van der Waals surface area contributed by atoms with Gasteiger partial charge in [0.25, 0.3) is 0 Å². The van der Waals surface area contributed by atoms with Gasteiger partial charge in [-0.05, 0) is 25.0 Å². The lowest BCUT2D eigenvalue weighted by Gasteiger charge is -2.19. The van der Waals surface area contributed by atoms with Gasteiger partial charge in [0.15, 0.2) is 5.78 Å². The number of ketones is 1. The number of Topliss-reactive ketones (excluding diaryl/α,β-unsaturated/α-hetero) is 1. The van der Waals surface area contributed by atoms with Crippen molar-refractivity contribution < 1.29 is 9.21 Å². The summed E-state index contributed by atoms with van der Waals surface area (Å²) in [4.78, 5) is 24.7. The normalized spacial score (nSPS) is 12.1. The second-order valence-electron chi connectivity index (χ2n) is 5.83. The van der Waals surface area contributed by atoms with Crippen LogP contribution in [-0.2, 0) is 0 Å². The van der Waals surface area contributed by atoms with Crippen LogP contribution in [0.15, 0.2) is 57.7 Å². The van der Waals surface area contributed by atoms with E-state index in [0.717, 1.165) is 12.0 Å². The van der Waals surface area contributed by atoms with Gasteiger partial charge >= 0.3 is 5.63 Å². The summed E-state index contributed by atoms with van der Waals surface area (Å²) in [6.07, 6.45) is 0.763. The lowest BCUT2D eigenvalue weighted by molar-refractivity contribution is 0.101. The van der Waals surface area contributed by atoms with Crippen molar-refractivity contribution in [1.82, 2.24) is 0 Å². The number of rotatable bonds is 5. The first-order chi connectivity index (χ1) is 12.0. The van der Waals surface area contributed by atoms with Gasteiger partial charge in [-0.3, -0.25) is 4.79 Å². The molecular formula is C20H18ClNO3. The minimum absolute atomic E-state index is 0.0842. The van der Waals surface area contributed by atoms with E-state index < -0.39 is 5.63 Å². The number of benzene rings is 2. The second-order valence-corrected chi connectivity index (χ2v) is 6.24. The Bertz CT molecular complexity index is 979. The molecule has 128 valence electrons. The number of fused-ring (bicyclic) bond motifs is 1. The minimum atomic E-state index is -0.559. The van der Waals surface area contributed by atoms with Crippen LogP contribution in [-0.4, -0.2) is 5.78 Å². The first-order valence-corrected chi connectivity index (χ1v) is 8.48. The molecule has 1 N–H and O–H groups in total. The average Bonchev–Trinajstić information content (AvgIpc) is 2.60. The van der Waals surface area contributed by atoms with Crippen molar-refractivity contribution in [3.05, 3.63) is 75.1 Å². The van der Waals surface area contributed by atoms with E-state index in [1.165, 1.54) is 6.92 Å². The molecule has 25 heavy (non-hydrogen) atoms. The summed E-state index contributed by atoms with van der Waals surface area (Å²) in [7, 11) is 0. The molecule has 0 aliphatic carbocycles. The Hall–Kier alpha value is -2.59. The second kappa shape index (κ2) is 7.11. The van der Waals surface area contributed by atoms with Crippen LogP contribution < -0.4 is 10.9 Å². The van der Waals surface area contributed by atoms with E-state index in [0.29, 0.717) is 10.9 Å². The predicted octanol–water partition coefficient (Wildman–Crippen LogP) is 5.21. The molecule has 0 saturated carbocycles. The topological polar surface area (TPSA) is 59.3 Å². The van der Waals surface area contributed by atoms with Gasteiger partial charge in [0.1, 0.15) is 0 Å². The molecule has 3 rings (SSSR count). The van der Waals surface area contributed by atoms with E-state index in [1.807, 2.05) is 37.3 Å². The fraction of sp³-hybridized carbons (Fsp3) is 0.200. The van der Waals surface area contributed by atoms with Crippen molar-refractivity contribution in [3.8, 4) is 0 Å². The molecule has 5 heteroatoms. The third kappa shape index (κ3) is 3.30. The summed E-state index contributed by atoms with van der Waals surface area (Å²) < 4.78 is 5.45. The highest BCUT2D eigenvalue weighted by atomic mass is 35.5. The van der Waals surface area contributed by atoms with Crippen LogP contribution in [0.25, 0.3) is 10.8 Å². The van der Waals surface area contributed by atoms with Crippen molar-refractivity contribution in [3.63, 3.8) is 0 Å². The molecule has 0 radical (unpaired) electrons. The molecule has 0 aliphatic heterocycles. The van der Waals surface area contributed by atoms with Crippen LogP contribution in [0.4, 0.5) is 5.88 Å². The third-order valence-electron chi connectivity index (χ3n) is 4.18. The number of nitrogens with one attached hydrogen (secondary N) is 1. The van der Waals surface area contributed by atoms with Gasteiger partial charge in [-0.25, -0.2) is 4.79 Å². The lowest BCUT2D eigenvalue weighted by atomic mass is 10.0. The fourth-order valence-electron chi connectivity index (χ4n) is 2.97. The van der Waals surface area contributed by atoms with E-state index in [1.54, 1.807) is 18.2 Å². The molecule has 1 heterocycles. The summed E-state index contributed by atoms with van der Waals surface area (Å²) >= 11 is 6.13. The molecule has 3 aromatic rings. The smallest absolute Gasteiger partial charge is 0.346 e. The Labute approximate surface area is 150 Å². The number of hydrogen-bond acceptors (Lipinski definition) is 4. The average molecular weight is 356 g/mol. The van der Waals surface area contributed by atoms with Gasteiger partial charge in [-0.15, -0.1) is 0 Å². The Morgan fingerprint density at radius 1 is 1.16 bits per heavy atom. The molecule has 2 aromatic carbocycles. The van der Waals surface area contributed by atoms with Crippen LogP contribution in [0.3, 0.4) is 0 Å². The maximum atomic E-state index is 12.4. The van der Waals surface area contributed by atoms with E-state index in [4.69, 9.17) is 16.0 Å². The highest BCUT2D eigenvalue weighted by Crippen LogP contribution is 2.31. The van der Waals surface area contributed by atoms with Gasteiger partial charge in [0, 0.05) is 5.39 Å². The van der Waals surface area contributed by atoms with Crippen molar-refractivity contribution >= 4 is 34.0 Å².